The summed E-state index contributed by atoms with van der Waals surface area (Å²) in [5.74, 6) is 1.000. The molecule has 0 spiro atoms. The molecular weight excluding hydrogens is 86.1 g/mol. The molecule has 1 heteroatoms. The molecule has 0 bridgehead atoms. The van der Waals surface area contributed by atoms with Crippen LogP contribution < -0.4 is 5.73 Å². The fourth-order valence-electron chi connectivity index (χ4n) is 0.879. The van der Waals surface area contributed by atoms with Gasteiger partial charge in [0.25, 0.3) is 0 Å². The Labute approximate surface area is 44.9 Å². The molecule has 0 aliphatic heterocycles. The Bertz CT molecular complexity index is 55.2. The Morgan fingerprint density at radius 1 is 1.71 bits per heavy atom. The summed E-state index contributed by atoms with van der Waals surface area (Å²) in [6, 6.07) is 0.437. The smallest absolute Gasteiger partial charge is 0.00131 e. The molecular formula is C6H13N. The van der Waals surface area contributed by atoms with E-state index in [1.54, 1.807) is 0 Å². The van der Waals surface area contributed by atoms with Crippen LogP contribution in [-0.4, -0.2) is 6.04 Å². The highest BCUT2D eigenvalue weighted by atomic mass is 14.6. The van der Waals surface area contributed by atoms with Crippen molar-refractivity contribution < 1.29 is 0 Å². The molecule has 42 valence electrons. The molecule has 2 N–H and O–H groups in total. The molecule has 7 heavy (non-hydrogen) atoms. The van der Waals surface area contributed by atoms with Crippen molar-refractivity contribution in [1.82, 2.24) is 0 Å². The van der Waals surface area contributed by atoms with Crippen LogP contribution in [0.1, 0.15) is 26.2 Å². The van der Waals surface area contributed by atoms with Gasteiger partial charge in [0.2, 0.25) is 0 Å². The van der Waals surface area contributed by atoms with Crippen molar-refractivity contribution in [3.63, 3.8) is 0 Å². The molecule has 0 aromatic rings. The average Bonchev–Trinajstić information content (AvgIpc) is 2.17. The molecule has 1 saturated carbocycles. The van der Waals surface area contributed by atoms with Gasteiger partial charge < -0.3 is 5.73 Å². The lowest BCUT2D eigenvalue weighted by Gasteiger charge is -1.98. The van der Waals surface area contributed by atoms with E-state index in [2.05, 4.69) is 6.92 Å². The van der Waals surface area contributed by atoms with E-state index >= 15 is 0 Å². The van der Waals surface area contributed by atoms with Gasteiger partial charge in [-0.05, 0) is 19.3 Å². The normalized spacial score (nSPS) is 24.9. The molecule has 1 aliphatic rings. The van der Waals surface area contributed by atoms with E-state index in [1.165, 1.54) is 19.3 Å². The number of hydrogen-bond donors (Lipinski definition) is 1. The average molecular weight is 99.2 g/mol. The van der Waals surface area contributed by atoms with E-state index in [0.717, 1.165) is 5.92 Å². The first-order chi connectivity index (χ1) is 3.29. The Morgan fingerprint density at radius 3 is 2.43 bits per heavy atom. The van der Waals surface area contributed by atoms with Gasteiger partial charge in [-0.25, -0.2) is 0 Å². The van der Waals surface area contributed by atoms with Gasteiger partial charge in [-0.2, -0.15) is 0 Å². The topological polar surface area (TPSA) is 26.0 Å². The molecule has 0 aromatic carbocycles. The molecule has 0 saturated heterocycles. The van der Waals surface area contributed by atoms with Crippen LogP contribution in [0, 0.1) is 5.92 Å². The van der Waals surface area contributed by atoms with E-state index in [-0.39, 0.29) is 0 Å². The predicted octanol–water partition coefficient (Wildman–Crippen LogP) is 1.13. The van der Waals surface area contributed by atoms with E-state index in [0.29, 0.717) is 6.04 Å². The zero-order chi connectivity index (χ0) is 5.28. The maximum atomic E-state index is 5.53. The lowest BCUT2D eigenvalue weighted by molar-refractivity contribution is 0.610. The second-order valence-corrected chi connectivity index (χ2v) is 2.66. The third-order valence-electron chi connectivity index (χ3n) is 1.40. The van der Waals surface area contributed by atoms with Gasteiger partial charge in [-0.3, -0.25) is 0 Å². The third-order valence-corrected chi connectivity index (χ3v) is 1.40. The predicted molar refractivity (Wildman–Crippen MR) is 31.0 cm³/mol. The summed E-state index contributed by atoms with van der Waals surface area (Å²) in [4.78, 5) is 0. The summed E-state index contributed by atoms with van der Waals surface area (Å²) < 4.78 is 0. The van der Waals surface area contributed by atoms with Crippen LogP contribution in [0.4, 0.5) is 0 Å². The molecule has 1 nitrogen and oxygen atoms in total. The minimum Gasteiger partial charge on any atom is -0.328 e. The standard InChI is InChI=1S/C6H13N/c1-5(7)4-6-2-3-6/h5-6H,2-4,7H2,1H3. The maximum absolute atomic E-state index is 5.53. The molecule has 0 amide bonds. The molecule has 1 aliphatic carbocycles. The summed E-state index contributed by atoms with van der Waals surface area (Å²) in [6.45, 7) is 2.08. The van der Waals surface area contributed by atoms with Crippen molar-refractivity contribution in [2.45, 2.75) is 32.2 Å². The van der Waals surface area contributed by atoms with E-state index < -0.39 is 0 Å². The van der Waals surface area contributed by atoms with E-state index in [4.69, 9.17) is 5.73 Å². The van der Waals surface area contributed by atoms with Crippen LogP contribution >= 0.6 is 0 Å². The zero-order valence-electron chi connectivity index (χ0n) is 4.85. The largest absolute Gasteiger partial charge is 0.328 e. The van der Waals surface area contributed by atoms with Gasteiger partial charge >= 0.3 is 0 Å². The second kappa shape index (κ2) is 1.83. The highest BCUT2D eigenvalue weighted by Crippen LogP contribution is 2.32. The maximum Gasteiger partial charge on any atom is 0.00131 e. The lowest BCUT2D eigenvalue weighted by Crippen LogP contribution is -2.14. The Balaban J connectivity index is 1.97. The minimum absolute atomic E-state index is 0.437. The Hall–Kier alpha value is -0.0400. The quantitative estimate of drug-likeness (QED) is 0.552. The van der Waals surface area contributed by atoms with Crippen molar-refractivity contribution in [1.29, 1.82) is 0 Å². The summed E-state index contributed by atoms with van der Waals surface area (Å²) >= 11 is 0. The van der Waals surface area contributed by atoms with Gasteiger partial charge in [0.15, 0.2) is 0 Å². The van der Waals surface area contributed by atoms with Crippen LogP contribution in [0.2, 0.25) is 0 Å². The van der Waals surface area contributed by atoms with Gasteiger partial charge in [0, 0.05) is 6.04 Å². The zero-order valence-corrected chi connectivity index (χ0v) is 4.85. The van der Waals surface area contributed by atoms with Crippen LogP contribution in [0.3, 0.4) is 0 Å². The Morgan fingerprint density at radius 2 is 2.29 bits per heavy atom. The van der Waals surface area contributed by atoms with Crippen LogP contribution in [0.25, 0.3) is 0 Å². The second-order valence-electron chi connectivity index (χ2n) is 2.66. The van der Waals surface area contributed by atoms with E-state index in [1.807, 2.05) is 0 Å². The summed E-state index contributed by atoms with van der Waals surface area (Å²) in [5, 5.41) is 0. The highest BCUT2D eigenvalue weighted by Gasteiger charge is 2.21. The molecule has 0 heterocycles. The van der Waals surface area contributed by atoms with Crippen molar-refractivity contribution in [3.05, 3.63) is 0 Å². The van der Waals surface area contributed by atoms with Crippen molar-refractivity contribution >= 4 is 0 Å². The van der Waals surface area contributed by atoms with Gasteiger partial charge in [0.1, 0.15) is 0 Å². The number of rotatable bonds is 2. The summed E-state index contributed by atoms with van der Waals surface area (Å²) in [6.07, 6.45) is 4.11. The first-order valence-electron chi connectivity index (χ1n) is 3.04. The number of hydrogen-bond acceptors (Lipinski definition) is 1. The van der Waals surface area contributed by atoms with Crippen molar-refractivity contribution in [2.75, 3.05) is 0 Å². The van der Waals surface area contributed by atoms with Gasteiger partial charge in [-0.15, -0.1) is 0 Å². The molecule has 1 atom stereocenters. The monoisotopic (exact) mass is 99.1 g/mol. The first-order valence-corrected chi connectivity index (χ1v) is 3.04. The van der Waals surface area contributed by atoms with Crippen LogP contribution in [0.15, 0.2) is 0 Å². The fraction of sp³-hybridized carbons (Fsp3) is 1.00. The third kappa shape index (κ3) is 1.93. The minimum atomic E-state index is 0.437. The Kier molecular flexibility index (Phi) is 1.33. The van der Waals surface area contributed by atoms with E-state index in [9.17, 15) is 0 Å². The van der Waals surface area contributed by atoms with Gasteiger partial charge in [-0.1, -0.05) is 12.8 Å². The lowest BCUT2D eigenvalue weighted by atomic mass is 10.2. The molecule has 1 fully saturated rings. The van der Waals surface area contributed by atoms with Gasteiger partial charge in [0.05, 0.1) is 0 Å². The van der Waals surface area contributed by atoms with Crippen LogP contribution in [0.5, 0.6) is 0 Å². The summed E-state index contributed by atoms with van der Waals surface area (Å²) in [5.41, 5.74) is 5.53. The first kappa shape index (κ1) is 5.10. The molecule has 1 unspecified atom stereocenters. The number of nitrogens with two attached hydrogens (primary N) is 1. The van der Waals surface area contributed by atoms with Crippen molar-refractivity contribution in [3.8, 4) is 0 Å². The molecule has 1 rings (SSSR count). The summed E-state index contributed by atoms with van der Waals surface area (Å²) in [7, 11) is 0. The van der Waals surface area contributed by atoms with Crippen LogP contribution in [-0.2, 0) is 0 Å². The fourth-order valence-corrected chi connectivity index (χ4v) is 0.879. The molecule has 0 aromatic heterocycles. The van der Waals surface area contributed by atoms with Crippen molar-refractivity contribution in [2.24, 2.45) is 11.7 Å². The molecule has 0 radical (unpaired) electrons. The SMILES string of the molecule is CC(N)CC1CC1. The highest BCUT2D eigenvalue weighted by molar-refractivity contribution is 4.75.